The monoisotopic (exact) mass is 368 g/mol. The van der Waals surface area contributed by atoms with Gasteiger partial charge in [-0.3, -0.25) is 9.89 Å². The van der Waals surface area contributed by atoms with Gasteiger partial charge in [0, 0.05) is 39.3 Å². The fourth-order valence-electron chi connectivity index (χ4n) is 3.97. The van der Waals surface area contributed by atoms with Crippen LogP contribution in [-0.2, 0) is 6.42 Å². The normalized spacial score (nSPS) is 25.1. The number of likely N-dealkylation sites (tertiary alicyclic amines) is 2. The van der Waals surface area contributed by atoms with E-state index < -0.39 is 12.7 Å². The minimum atomic E-state index is -4.13. The van der Waals surface area contributed by atoms with Gasteiger partial charge >= 0.3 is 6.18 Å². The van der Waals surface area contributed by atoms with Crippen LogP contribution in [0, 0.1) is 5.92 Å². The second-order valence-electron chi connectivity index (χ2n) is 7.32. The molecule has 2 atom stereocenters. The summed E-state index contributed by atoms with van der Waals surface area (Å²) in [7, 11) is 1.75. The Bertz CT molecular complexity index is 603. The molecule has 144 valence electrons. The van der Waals surface area contributed by atoms with Gasteiger partial charge in [-0.1, -0.05) is 30.3 Å². The number of nitrogens with zero attached hydrogens (tertiary/aromatic N) is 3. The number of nitrogens with one attached hydrogen (secondary N) is 1. The molecule has 1 N–H and O–H groups in total. The van der Waals surface area contributed by atoms with Gasteiger partial charge in [-0.2, -0.15) is 13.2 Å². The van der Waals surface area contributed by atoms with Gasteiger partial charge in [0.25, 0.3) is 0 Å². The van der Waals surface area contributed by atoms with Crippen LogP contribution in [0.2, 0.25) is 0 Å². The average Bonchev–Trinajstić information content (AvgIpc) is 3.21. The van der Waals surface area contributed by atoms with Gasteiger partial charge in [0.1, 0.15) is 0 Å². The van der Waals surface area contributed by atoms with Gasteiger partial charge < -0.3 is 10.2 Å². The first-order valence-electron chi connectivity index (χ1n) is 9.24. The lowest BCUT2D eigenvalue weighted by atomic mass is 9.99. The molecule has 7 heteroatoms. The SMILES string of the molecule is CN=C(NC1CCN(CC(F)(F)F)C1)N1CCC(Cc2ccccc2)C1. The maximum absolute atomic E-state index is 12.5. The number of guanidine groups is 1. The predicted molar refractivity (Wildman–Crippen MR) is 97.2 cm³/mol. The lowest BCUT2D eigenvalue weighted by Gasteiger charge is -2.25. The number of halogens is 3. The Morgan fingerprint density at radius 3 is 2.62 bits per heavy atom. The van der Waals surface area contributed by atoms with Crippen molar-refractivity contribution in [3.05, 3.63) is 35.9 Å². The minimum absolute atomic E-state index is 0.0317. The molecule has 0 saturated carbocycles. The molecule has 2 aliphatic heterocycles. The summed E-state index contributed by atoms with van der Waals surface area (Å²) in [5.41, 5.74) is 1.35. The van der Waals surface area contributed by atoms with Crippen LogP contribution in [0.5, 0.6) is 0 Å². The number of hydrogen-bond donors (Lipinski definition) is 1. The Morgan fingerprint density at radius 1 is 1.15 bits per heavy atom. The first-order chi connectivity index (χ1) is 12.4. The summed E-state index contributed by atoms with van der Waals surface area (Å²) < 4.78 is 37.6. The van der Waals surface area contributed by atoms with Crippen LogP contribution in [0.15, 0.2) is 35.3 Å². The zero-order valence-corrected chi connectivity index (χ0v) is 15.2. The second kappa shape index (κ2) is 8.29. The van der Waals surface area contributed by atoms with Crippen molar-refractivity contribution in [3.8, 4) is 0 Å². The topological polar surface area (TPSA) is 30.9 Å². The zero-order valence-electron chi connectivity index (χ0n) is 15.2. The van der Waals surface area contributed by atoms with Gasteiger partial charge in [-0.25, -0.2) is 0 Å². The molecule has 26 heavy (non-hydrogen) atoms. The third-order valence-corrected chi connectivity index (χ3v) is 5.17. The van der Waals surface area contributed by atoms with E-state index in [2.05, 4.69) is 39.5 Å². The number of rotatable bonds is 4. The van der Waals surface area contributed by atoms with E-state index in [0.717, 1.165) is 38.3 Å². The molecule has 2 aliphatic rings. The van der Waals surface area contributed by atoms with Crippen molar-refractivity contribution in [1.29, 1.82) is 0 Å². The van der Waals surface area contributed by atoms with Crippen LogP contribution in [0.3, 0.4) is 0 Å². The summed E-state index contributed by atoms with van der Waals surface area (Å²) in [5, 5.41) is 3.37. The van der Waals surface area contributed by atoms with Crippen molar-refractivity contribution in [2.75, 3.05) is 39.8 Å². The summed E-state index contributed by atoms with van der Waals surface area (Å²) in [4.78, 5) is 8.07. The quantitative estimate of drug-likeness (QED) is 0.655. The molecule has 0 amide bonds. The van der Waals surface area contributed by atoms with E-state index in [0.29, 0.717) is 19.0 Å². The van der Waals surface area contributed by atoms with Crippen molar-refractivity contribution in [1.82, 2.24) is 15.1 Å². The molecule has 1 aromatic carbocycles. The summed E-state index contributed by atoms with van der Waals surface area (Å²) in [5.74, 6) is 1.40. The summed E-state index contributed by atoms with van der Waals surface area (Å²) in [6.45, 7) is 1.95. The van der Waals surface area contributed by atoms with Crippen LogP contribution in [0.25, 0.3) is 0 Å². The highest BCUT2D eigenvalue weighted by atomic mass is 19.4. The van der Waals surface area contributed by atoms with E-state index in [1.165, 1.54) is 10.5 Å². The maximum atomic E-state index is 12.5. The Balaban J connectivity index is 1.48. The van der Waals surface area contributed by atoms with Crippen molar-refractivity contribution in [2.24, 2.45) is 10.9 Å². The molecule has 0 radical (unpaired) electrons. The van der Waals surface area contributed by atoms with Gasteiger partial charge in [-0.15, -0.1) is 0 Å². The standard InChI is InChI=1S/C19H27F3N4/c1-23-18(24-17-8-9-25(13-17)14-19(20,21)22)26-10-7-16(12-26)11-15-5-3-2-4-6-15/h2-6,16-17H,7-14H2,1H3,(H,23,24). The predicted octanol–water partition coefficient (Wildman–Crippen LogP) is 2.76. The Labute approximate surface area is 153 Å². The molecule has 4 nitrogen and oxygen atoms in total. The molecule has 2 heterocycles. The molecule has 2 saturated heterocycles. The smallest absolute Gasteiger partial charge is 0.352 e. The van der Waals surface area contributed by atoms with Crippen molar-refractivity contribution in [2.45, 2.75) is 31.5 Å². The molecule has 2 unspecified atom stereocenters. The van der Waals surface area contributed by atoms with Crippen LogP contribution in [0.1, 0.15) is 18.4 Å². The molecular formula is C19H27F3N4. The van der Waals surface area contributed by atoms with Crippen molar-refractivity contribution in [3.63, 3.8) is 0 Å². The number of benzene rings is 1. The van der Waals surface area contributed by atoms with Gasteiger partial charge in [0.15, 0.2) is 5.96 Å². The van der Waals surface area contributed by atoms with Crippen molar-refractivity contribution >= 4 is 5.96 Å². The minimum Gasteiger partial charge on any atom is -0.352 e. The van der Waals surface area contributed by atoms with Gasteiger partial charge in [0.05, 0.1) is 6.54 Å². The van der Waals surface area contributed by atoms with E-state index in [-0.39, 0.29) is 6.04 Å². The first kappa shape index (κ1) is 19.0. The highest BCUT2D eigenvalue weighted by Gasteiger charge is 2.35. The number of aliphatic imine (C=N–C) groups is 1. The molecule has 0 bridgehead atoms. The van der Waals surface area contributed by atoms with Crippen LogP contribution < -0.4 is 5.32 Å². The highest BCUT2D eigenvalue weighted by Crippen LogP contribution is 2.22. The summed E-state index contributed by atoms with van der Waals surface area (Å²) in [6.07, 6.45) is -1.25. The third-order valence-electron chi connectivity index (χ3n) is 5.17. The van der Waals surface area contributed by atoms with Crippen LogP contribution in [0.4, 0.5) is 13.2 Å². The molecule has 0 spiro atoms. The van der Waals surface area contributed by atoms with E-state index in [1.54, 1.807) is 7.05 Å². The van der Waals surface area contributed by atoms with Crippen molar-refractivity contribution < 1.29 is 13.2 Å². The average molecular weight is 368 g/mol. The zero-order chi connectivity index (χ0) is 18.6. The summed E-state index contributed by atoms with van der Waals surface area (Å²) >= 11 is 0. The molecule has 3 rings (SSSR count). The van der Waals surface area contributed by atoms with Crippen LogP contribution in [-0.4, -0.2) is 67.7 Å². The summed E-state index contributed by atoms with van der Waals surface area (Å²) in [6, 6.07) is 10.5. The van der Waals surface area contributed by atoms with Crippen LogP contribution >= 0.6 is 0 Å². The molecule has 0 aromatic heterocycles. The highest BCUT2D eigenvalue weighted by molar-refractivity contribution is 5.80. The fourth-order valence-corrected chi connectivity index (χ4v) is 3.97. The van der Waals surface area contributed by atoms with E-state index in [4.69, 9.17) is 0 Å². The molecular weight excluding hydrogens is 341 g/mol. The Kier molecular flexibility index (Phi) is 6.06. The van der Waals surface area contributed by atoms with E-state index in [9.17, 15) is 13.2 Å². The lowest BCUT2D eigenvalue weighted by molar-refractivity contribution is -0.143. The second-order valence-corrected chi connectivity index (χ2v) is 7.32. The molecule has 0 aliphatic carbocycles. The molecule has 2 fully saturated rings. The van der Waals surface area contributed by atoms with E-state index >= 15 is 0 Å². The lowest BCUT2D eigenvalue weighted by Crippen LogP contribution is -2.46. The maximum Gasteiger partial charge on any atom is 0.401 e. The fraction of sp³-hybridized carbons (Fsp3) is 0.632. The van der Waals surface area contributed by atoms with Gasteiger partial charge in [0.2, 0.25) is 0 Å². The van der Waals surface area contributed by atoms with E-state index in [1.807, 2.05) is 6.07 Å². The van der Waals surface area contributed by atoms with Gasteiger partial charge in [-0.05, 0) is 30.7 Å². The first-order valence-corrected chi connectivity index (χ1v) is 9.24. The number of hydrogen-bond acceptors (Lipinski definition) is 2. The Morgan fingerprint density at radius 2 is 1.92 bits per heavy atom. The Hall–Kier alpha value is -1.76. The largest absolute Gasteiger partial charge is 0.401 e. The number of alkyl halides is 3. The molecule has 1 aromatic rings. The third kappa shape index (κ3) is 5.37.